The van der Waals surface area contributed by atoms with E-state index in [-0.39, 0.29) is 11.8 Å². The molecule has 6 nitrogen and oxygen atoms in total. The second-order valence-corrected chi connectivity index (χ2v) is 6.94. The summed E-state index contributed by atoms with van der Waals surface area (Å²) < 4.78 is 10.8. The lowest BCUT2D eigenvalue weighted by Gasteiger charge is -2.19. The fraction of sp³-hybridized carbons (Fsp3) is 0.381. The maximum absolute atomic E-state index is 13.2. The molecule has 0 spiro atoms. The number of fused-ring (bicyclic) bond motifs is 1. The Morgan fingerprint density at radius 1 is 1.26 bits per heavy atom. The Balaban J connectivity index is 1.89. The molecule has 27 heavy (non-hydrogen) atoms. The summed E-state index contributed by atoms with van der Waals surface area (Å²) in [6.07, 6.45) is 0. The van der Waals surface area contributed by atoms with Gasteiger partial charge in [-0.25, -0.2) is 4.98 Å². The molecule has 0 aliphatic heterocycles. The van der Waals surface area contributed by atoms with Gasteiger partial charge in [-0.3, -0.25) is 4.79 Å². The Morgan fingerprint density at radius 3 is 2.59 bits per heavy atom. The van der Waals surface area contributed by atoms with Crippen LogP contribution in [0.15, 0.2) is 34.9 Å². The summed E-state index contributed by atoms with van der Waals surface area (Å²) in [7, 11) is 1.79. The minimum absolute atomic E-state index is 0.0792. The first-order chi connectivity index (χ1) is 12.9. The molecule has 0 fully saturated rings. The number of carbonyl (C=O) groups is 1. The van der Waals surface area contributed by atoms with E-state index in [0.29, 0.717) is 35.5 Å². The van der Waals surface area contributed by atoms with Crippen LogP contribution in [0.1, 0.15) is 54.0 Å². The highest BCUT2D eigenvalue weighted by atomic mass is 16.5. The summed E-state index contributed by atoms with van der Waals surface area (Å²) in [5.41, 5.74) is 3.51. The van der Waals surface area contributed by atoms with Gasteiger partial charge in [-0.1, -0.05) is 31.1 Å². The van der Waals surface area contributed by atoms with Gasteiger partial charge in [0.15, 0.2) is 0 Å². The van der Waals surface area contributed by atoms with E-state index in [0.717, 1.165) is 17.0 Å². The quantitative estimate of drug-likeness (QED) is 0.649. The summed E-state index contributed by atoms with van der Waals surface area (Å²) in [6, 6.07) is 9.64. The van der Waals surface area contributed by atoms with E-state index in [4.69, 9.17) is 9.26 Å². The van der Waals surface area contributed by atoms with Crippen LogP contribution in [-0.2, 0) is 6.54 Å². The largest absolute Gasteiger partial charge is 0.494 e. The lowest BCUT2D eigenvalue weighted by Crippen LogP contribution is -2.26. The lowest BCUT2D eigenvalue weighted by atomic mass is 10.0. The SMILES string of the molecule is CCOc1ccc(CN(C)C(=O)c2cc(C(C)C)nc3onc(C)c23)cc1. The molecule has 0 atom stereocenters. The molecule has 0 aliphatic carbocycles. The number of nitrogens with zero attached hydrogens (tertiary/aromatic N) is 3. The highest BCUT2D eigenvalue weighted by Crippen LogP contribution is 2.26. The monoisotopic (exact) mass is 367 g/mol. The number of aryl methyl sites for hydroxylation is 1. The van der Waals surface area contributed by atoms with Gasteiger partial charge in [-0.2, -0.15) is 0 Å². The molecular formula is C21H25N3O3. The summed E-state index contributed by atoms with van der Waals surface area (Å²) in [5.74, 6) is 0.931. The van der Waals surface area contributed by atoms with Crippen LogP contribution in [-0.4, -0.2) is 34.6 Å². The van der Waals surface area contributed by atoms with Gasteiger partial charge in [0.05, 0.1) is 23.3 Å². The summed E-state index contributed by atoms with van der Waals surface area (Å²) in [6.45, 7) is 8.98. The van der Waals surface area contributed by atoms with E-state index in [1.165, 1.54) is 0 Å². The van der Waals surface area contributed by atoms with Gasteiger partial charge in [-0.15, -0.1) is 0 Å². The van der Waals surface area contributed by atoms with Crippen LogP contribution in [0.5, 0.6) is 5.75 Å². The molecule has 0 saturated carbocycles. The van der Waals surface area contributed by atoms with Gasteiger partial charge in [0.1, 0.15) is 5.75 Å². The fourth-order valence-corrected chi connectivity index (χ4v) is 2.99. The normalized spacial score (nSPS) is 11.2. The Hall–Kier alpha value is -2.89. The molecule has 0 radical (unpaired) electrons. The van der Waals surface area contributed by atoms with Crippen LogP contribution in [0, 0.1) is 6.92 Å². The Kier molecular flexibility index (Phi) is 5.44. The highest BCUT2D eigenvalue weighted by molar-refractivity contribution is 6.05. The van der Waals surface area contributed by atoms with Crippen LogP contribution in [0.3, 0.4) is 0 Å². The number of hydrogen-bond donors (Lipinski definition) is 0. The van der Waals surface area contributed by atoms with Crippen molar-refractivity contribution in [2.75, 3.05) is 13.7 Å². The summed E-state index contributed by atoms with van der Waals surface area (Å²) >= 11 is 0. The van der Waals surface area contributed by atoms with Crippen LogP contribution in [0.4, 0.5) is 0 Å². The lowest BCUT2D eigenvalue weighted by molar-refractivity contribution is 0.0786. The first-order valence-corrected chi connectivity index (χ1v) is 9.14. The molecule has 2 heterocycles. The van der Waals surface area contributed by atoms with Crippen molar-refractivity contribution in [1.82, 2.24) is 15.0 Å². The predicted molar refractivity (Wildman–Crippen MR) is 104 cm³/mol. The van der Waals surface area contributed by atoms with Gasteiger partial charge in [-0.05, 0) is 43.5 Å². The van der Waals surface area contributed by atoms with Crippen molar-refractivity contribution in [3.05, 3.63) is 52.8 Å². The van der Waals surface area contributed by atoms with E-state index < -0.39 is 0 Å². The maximum Gasteiger partial charge on any atom is 0.259 e. The first-order valence-electron chi connectivity index (χ1n) is 9.14. The van der Waals surface area contributed by atoms with Gasteiger partial charge in [0.25, 0.3) is 11.6 Å². The van der Waals surface area contributed by atoms with Crippen molar-refractivity contribution in [3.8, 4) is 5.75 Å². The molecule has 142 valence electrons. The highest BCUT2D eigenvalue weighted by Gasteiger charge is 2.22. The third-order valence-corrected chi connectivity index (χ3v) is 4.46. The second kappa shape index (κ2) is 7.78. The van der Waals surface area contributed by atoms with Gasteiger partial charge in [0.2, 0.25) is 0 Å². The van der Waals surface area contributed by atoms with Crippen molar-refractivity contribution in [2.45, 2.75) is 40.2 Å². The zero-order chi connectivity index (χ0) is 19.6. The van der Waals surface area contributed by atoms with Crippen LogP contribution < -0.4 is 4.74 Å². The van der Waals surface area contributed by atoms with Crippen LogP contribution in [0.25, 0.3) is 11.1 Å². The van der Waals surface area contributed by atoms with Gasteiger partial charge >= 0.3 is 0 Å². The fourth-order valence-electron chi connectivity index (χ4n) is 2.99. The van der Waals surface area contributed by atoms with E-state index in [2.05, 4.69) is 10.1 Å². The molecule has 1 aromatic carbocycles. The average molecular weight is 367 g/mol. The number of amides is 1. The Morgan fingerprint density at radius 2 is 1.96 bits per heavy atom. The molecule has 0 bridgehead atoms. The third-order valence-electron chi connectivity index (χ3n) is 4.46. The van der Waals surface area contributed by atoms with Gasteiger partial charge < -0.3 is 14.2 Å². The first kappa shape index (κ1) is 18.9. The molecular weight excluding hydrogens is 342 g/mol. The molecule has 0 unspecified atom stereocenters. The number of benzene rings is 1. The third kappa shape index (κ3) is 3.94. The van der Waals surface area contributed by atoms with E-state index in [1.807, 2.05) is 58.0 Å². The van der Waals surface area contributed by atoms with Gasteiger partial charge in [0, 0.05) is 19.3 Å². The molecule has 0 N–H and O–H groups in total. The van der Waals surface area contributed by atoms with Crippen molar-refractivity contribution >= 4 is 17.0 Å². The van der Waals surface area contributed by atoms with E-state index in [1.54, 1.807) is 11.9 Å². The Bertz CT molecular complexity index is 945. The molecule has 6 heteroatoms. The van der Waals surface area contributed by atoms with E-state index in [9.17, 15) is 4.79 Å². The number of rotatable bonds is 6. The molecule has 0 aliphatic rings. The van der Waals surface area contributed by atoms with Crippen molar-refractivity contribution < 1.29 is 14.1 Å². The van der Waals surface area contributed by atoms with Crippen molar-refractivity contribution in [3.63, 3.8) is 0 Å². The standard InChI is InChI=1S/C21H25N3O3/c1-6-26-16-9-7-15(8-10-16)12-24(5)21(25)17-11-18(13(2)3)22-20-19(17)14(4)23-27-20/h7-11,13H,6,12H2,1-5H3. The van der Waals surface area contributed by atoms with E-state index >= 15 is 0 Å². The summed E-state index contributed by atoms with van der Waals surface area (Å²) in [4.78, 5) is 19.4. The number of ether oxygens (including phenoxy) is 1. The van der Waals surface area contributed by atoms with Crippen molar-refractivity contribution in [1.29, 1.82) is 0 Å². The predicted octanol–water partition coefficient (Wildman–Crippen LogP) is 4.33. The minimum Gasteiger partial charge on any atom is -0.494 e. The Labute approximate surface area is 159 Å². The number of pyridine rings is 1. The topological polar surface area (TPSA) is 68.5 Å². The summed E-state index contributed by atoms with van der Waals surface area (Å²) in [5, 5.41) is 4.67. The molecule has 1 amide bonds. The molecule has 0 saturated heterocycles. The minimum atomic E-state index is -0.0792. The maximum atomic E-state index is 13.2. The smallest absolute Gasteiger partial charge is 0.259 e. The van der Waals surface area contributed by atoms with Crippen LogP contribution in [0.2, 0.25) is 0 Å². The zero-order valence-corrected chi connectivity index (χ0v) is 16.4. The second-order valence-electron chi connectivity index (χ2n) is 6.94. The molecule has 2 aromatic heterocycles. The zero-order valence-electron chi connectivity index (χ0n) is 16.4. The average Bonchev–Trinajstić information content (AvgIpc) is 3.03. The van der Waals surface area contributed by atoms with Crippen LogP contribution >= 0.6 is 0 Å². The number of aromatic nitrogens is 2. The molecule has 3 rings (SSSR count). The van der Waals surface area contributed by atoms with Crippen molar-refractivity contribution in [2.24, 2.45) is 0 Å². The number of hydrogen-bond acceptors (Lipinski definition) is 5. The number of carbonyl (C=O) groups excluding carboxylic acids is 1. The molecule has 3 aromatic rings.